The zero-order valence-electron chi connectivity index (χ0n) is 10.6. The lowest BCUT2D eigenvalue weighted by atomic mass is 10.2. The molecule has 1 aromatic rings. The summed E-state index contributed by atoms with van der Waals surface area (Å²) in [5, 5.41) is 0. The first-order valence-corrected chi connectivity index (χ1v) is 6.69. The van der Waals surface area contributed by atoms with E-state index in [9.17, 15) is 21.6 Å². The zero-order chi connectivity index (χ0) is 15.1. The van der Waals surface area contributed by atoms with Gasteiger partial charge in [0.15, 0.2) is 0 Å². The van der Waals surface area contributed by atoms with Crippen molar-refractivity contribution in [2.75, 3.05) is 13.6 Å². The van der Waals surface area contributed by atoms with Crippen LogP contribution < -0.4 is 0 Å². The van der Waals surface area contributed by atoms with E-state index in [1.54, 1.807) is 0 Å². The van der Waals surface area contributed by atoms with Gasteiger partial charge in [-0.25, -0.2) is 0 Å². The van der Waals surface area contributed by atoms with Crippen LogP contribution >= 0.6 is 0 Å². The summed E-state index contributed by atoms with van der Waals surface area (Å²) in [5.41, 5.74) is 1.04. The number of nitrogens with zero attached hydrogens (tertiary/aromatic N) is 1. The number of benzene rings is 1. The predicted octanol–water partition coefficient (Wildman–Crippen LogP) is 2.53. The molecule has 4 nitrogen and oxygen atoms in total. The quantitative estimate of drug-likeness (QED) is 0.869. The third-order valence-electron chi connectivity index (χ3n) is 1.95. The highest BCUT2D eigenvalue weighted by atomic mass is 32.2. The summed E-state index contributed by atoms with van der Waals surface area (Å²) in [7, 11) is -2.69. The smallest absolute Gasteiger partial charge is 0.273 e. The molecule has 0 aromatic heterocycles. The Morgan fingerprint density at radius 2 is 1.63 bits per heavy atom. The topological polar surface area (TPSA) is 57.6 Å². The molecule has 110 valence electrons. The number of rotatable bonds is 4. The van der Waals surface area contributed by atoms with Crippen LogP contribution in [0, 0.1) is 0 Å². The molecule has 1 N–H and O–H groups in total. The van der Waals surface area contributed by atoms with E-state index < -0.39 is 16.5 Å². The van der Waals surface area contributed by atoms with Crippen LogP contribution in [0.25, 0.3) is 0 Å². The largest absolute Gasteiger partial charge is 0.386 e. The molecule has 0 aliphatic carbocycles. The second kappa shape index (κ2) is 7.46. The maximum Gasteiger partial charge on any atom is 0.386 e. The molecular formula is C11H16F3NO3S. The molecule has 0 heterocycles. The van der Waals surface area contributed by atoms with Crippen LogP contribution in [0.15, 0.2) is 30.3 Å². The van der Waals surface area contributed by atoms with E-state index in [1.165, 1.54) is 7.05 Å². The van der Waals surface area contributed by atoms with Crippen LogP contribution in [0.1, 0.15) is 12.5 Å². The molecule has 0 atom stereocenters. The van der Waals surface area contributed by atoms with Gasteiger partial charge in [0.05, 0.1) is 0 Å². The second-order valence-electron chi connectivity index (χ2n) is 3.82. The molecular weight excluding hydrogens is 283 g/mol. The Morgan fingerprint density at radius 1 is 1.21 bits per heavy atom. The molecule has 0 fully saturated rings. The van der Waals surface area contributed by atoms with Gasteiger partial charge in [-0.15, -0.1) is 0 Å². The minimum absolute atomic E-state index is 0.188. The molecule has 0 radical (unpaired) electrons. The number of likely N-dealkylation sites (N-methyl/N-ethyl adjacent to an activating group) is 1. The lowest BCUT2D eigenvalue weighted by Gasteiger charge is -2.11. The summed E-state index contributed by atoms with van der Waals surface area (Å²) in [6, 6.07) is 9.51. The minimum atomic E-state index is -4.04. The first-order valence-electron chi connectivity index (χ1n) is 5.29. The van der Waals surface area contributed by atoms with Crippen molar-refractivity contribution in [2.45, 2.75) is 19.5 Å². The van der Waals surface area contributed by atoms with Crippen molar-refractivity contribution < 1.29 is 26.1 Å². The third-order valence-corrected chi connectivity index (χ3v) is 2.92. The molecule has 0 unspecified atom stereocenters. The first kappa shape index (κ1) is 17.9. The van der Waals surface area contributed by atoms with Gasteiger partial charge in [0.1, 0.15) is 0 Å². The van der Waals surface area contributed by atoms with Crippen LogP contribution in [0.2, 0.25) is 0 Å². The van der Waals surface area contributed by atoms with Crippen molar-refractivity contribution in [3.63, 3.8) is 0 Å². The monoisotopic (exact) mass is 299 g/mol. The summed E-state index contributed by atoms with van der Waals surface area (Å²) in [6.07, 6.45) is -3.41. The summed E-state index contributed by atoms with van der Waals surface area (Å²) in [6.45, 7) is 0.468. The molecule has 0 amide bonds. The SMILES string of the molecule is CC(F)(F)F.CN(CCc1ccccc1)S(=O)(=O)O. The van der Waals surface area contributed by atoms with Crippen molar-refractivity contribution in [1.29, 1.82) is 0 Å². The molecule has 0 aliphatic rings. The molecule has 19 heavy (non-hydrogen) atoms. The standard InChI is InChI=1S/C9H13NO3S.C2H3F3/c1-10(14(11,12)13)8-7-9-5-3-2-4-6-9;1-2(3,4)5/h2-6H,7-8H2,1H3,(H,11,12,13);1H3. The van der Waals surface area contributed by atoms with Gasteiger partial charge in [0.25, 0.3) is 0 Å². The van der Waals surface area contributed by atoms with Crippen molar-refractivity contribution in [1.82, 2.24) is 4.31 Å². The Hall–Kier alpha value is -1.12. The molecule has 1 aromatic carbocycles. The Labute approximate surface area is 110 Å². The van der Waals surface area contributed by atoms with E-state index >= 15 is 0 Å². The third kappa shape index (κ3) is 11.7. The van der Waals surface area contributed by atoms with Gasteiger partial charge in [-0.2, -0.15) is 25.9 Å². The van der Waals surface area contributed by atoms with Crippen LogP contribution in [0.4, 0.5) is 13.2 Å². The number of halogens is 3. The number of hydrogen-bond acceptors (Lipinski definition) is 2. The Balaban J connectivity index is 0.000000555. The molecule has 0 saturated heterocycles. The van der Waals surface area contributed by atoms with Gasteiger partial charge >= 0.3 is 16.5 Å². The first-order chi connectivity index (χ1) is 8.50. The van der Waals surface area contributed by atoms with Gasteiger partial charge in [0.2, 0.25) is 0 Å². The highest BCUT2D eigenvalue weighted by Crippen LogP contribution is 2.10. The van der Waals surface area contributed by atoms with Crippen molar-refractivity contribution >= 4 is 10.3 Å². The van der Waals surface area contributed by atoms with E-state index in [0.29, 0.717) is 6.42 Å². The average molecular weight is 299 g/mol. The summed E-state index contributed by atoms with van der Waals surface area (Å²) in [5.74, 6) is 0. The van der Waals surface area contributed by atoms with E-state index in [4.69, 9.17) is 4.55 Å². The highest BCUT2D eigenvalue weighted by Gasteiger charge is 2.15. The molecule has 0 aliphatic heterocycles. The zero-order valence-corrected chi connectivity index (χ0v) is 11.4. The van der Waals surface area contributed by atoms with E-state index in [1.807, 2.05) is 30.3 Å². The normalized spacial score (nSPS) is 11.9. The van der Waals surface area contributed by atoms with Crippen molar-refractivity contribution in [3.8, 4) is 0 Å². The summed E-state index contributed by atoms with van der Waals surface area (Å²) < 4.78 is 61.9. The molecule has 0 saturated carbocycles. The average Bonchev–Trinajstić information content (AvgIpc) is 2.23. The maximum absolute atomic E-state index is 10.6. The summed E-state index contributed by atoms with van der Waals surface area (Å²) in [4.78, 5) is 0. The summed E-state index contributed by atoms with van der Waals surface area (Å²) >= 11 is 0. The Kier molecular flexibility index (Phi) is 7.02. The number of hydrogen-bond donors (Lipinski definition) is 1. The van der Waals surface area contributed by atoms with Gasteiger partial charge < -0.3 is 0 Å². The molecule has 8 heteroatoms. The van der Waals surface area contributed by atoms with Gasteiger partial charge in [-0.1, -0.05) is 30.3 Å². The fraction of sp³-hybridized carbons (Fsp3) is 0.455. The van der Waals surface area contributed by atoms with Crippen LogP contribution in [0.5, 0.6) is 0 Å². The van der Waals surface area contributed by atoms with Crippen molar-refractivity contribution in [3.05, 3.63) is 35.9 Å². The molecule has 0 bridgehead atoms. The van der Waals surface area contributed by atoms with E-state index in [-0.39, 0.29) is 13.5 Å². The lowest BCUT2D eigenvalue weighted by molar-refractivity contribution is -0.110. The van der Waals surface area contributed by atoms with Crippen molar-refractivity contribution in [2.24, 2.45) is 0 Å². The fourth-order valence-electron chi connectivity index (χ4n) is 1.05. The Morgan fingerprint density at radius 3 is 2.00 bits per heavy atom. The molecule has 0 spiro atoms. The Bertz CT molecular complexity index is 454. The van der Waals surface area contributed by atoms with Crippen LogP contribution in [-0.2, 0) is 16.7 Å². The van der Waals surface area contributed by atoms with Gasteiger partial charge in [-0.05, 0) is 12.0 Å². The number of alkyl halides is 3. The highest BCUT2D eigenvalue weighted by molar-refractivity contribution is 7.83. The second-order valence-corrected chi connectivity index (χ2v) is 5.34. The molecule has 1 rings (SSSR count). The van der Waals surface area contributed by atoms with Gasteiger partial charge in [0, 0.05) is 20.5 Å². The van der Waals surface area contributed by atoms with Crippen LogP contribution in [0.3, 0.4) is 0 Å². The van der Waals surface area contributed by atoms with Gasteiger partial charge in [-0.3, -0.25) is 4.55 Å². The van der Waals surface area contributed by atoms with Crippen LogP contribution in [-0.4, -0.2) is 37.0 Å². The van der Waals surface area contributed by atoms with E-state index in [2.05, 4.69) is 0 Å². The maximum atomic E-state index is 10.6. The van der Waals surface area contributed by atoms with E-state index in [0.717, 1.165) is 9.87 Å². The fourth-order valence-corrected chi connectivity index (χ4v) is 1.37. The lowest BCUT2D eigenvalue weighted by Crippen LogP contribution is -2.28. The minimum Gasteiger partial charge on any atom is -0.273 e. The predicted molar refractivity (Wildman–Crippen MR) is 66.1 cm³/mol.